The summed E-state index contributed by atoms with van der Waals surface area (Å²) in [5.41, 5.74) is 6.76. The predicted molar refractivity (Wildman–Crippen MR) is 83.2 cm³/mol. The summed E-state index contributed by atoms with van der Waals surface area (Å²) in [7, 11) is 0. The molecule has 2 rings (SSSR count). The standard InChI is InChI=1S/C17H34N2/c1-3-17(4-2)11-12-19(14-17)16(13-18)15-9-7-5-6-8-10-15/h15-16H,3-14,18H2,1-2H3. The second kappa shape index (κ2) is 7.08. The zero-order chi connectivity index (χ0) is 13.7. The molecule has 0 bridgehead atoms. The highest BCUT2D eigenvalue weighted by molar-refractivity contribution is 4.93. The average Bonchev–Trinajstić information content (AvgIpc) is 2.69. The number of nitrogens with two attached hydrogens (primary N) is 1. The lowest BCUT2D eigenvalue weighted by Crippen LogP contribution is -2.45. The van der Waals surface area contributed by atoms with Crippen molar-refractivity contribution in [1.82, 2.24) is 4.90 Å². The highest BCUT2D eigenvalue weighted by atomic mass is 15.2. The van der Waals surface area contributed by atoms with Crippen LogP contribution in [0.15, 0.2) is 0 Å². The Labute approximate surface area is 120 Å². The van der Waals surface area contributed by atoms with E-state index in [1.807, 2.05) is 0 Å². The van der Waals surface area contributed by atoms with Gasteiger partial charge in [0.15, 0.2) is 0 Å². The van der Waals surface area contributed by atoms with Gasteiger partial charge in [-0.3, -0.25) is 4.90 Å². The average molecular weight is 266 g/mol. The van der Waals surface area contributed by atoms with Gasteiger partial charge in [-0.05, 0) is 50.0 Å². The fourth-order valence-corrected chi connectivity index (χ4v) is 4.42. The molecule has 1 unspecified atom stereocenters. The second-order valence-electron chi connectivity index (χ2n) is 6.98. The summed E-state index contributed by atoms with van der Waals surface area (Å²) in [6, 6.07) is 0.665. The predicted octanol–water partition coefficient (Wildman–Crippen LogP) is 3.80. The van der Waals surface area contributed by atoms with Crippen molar-refractivity contribution in [2.45, 2.75) is 77.7 Å². The van der Waals surface area contributed by atoms with Gasteiger partial charge in [0.2, 0.25) is 0 Å². The molecule has 0 spiro atoms. The summed E-state index contributed by atoms with van der Waals surface area (Å²) in [6.45, 7) is 8.21. The summed E-state index contributed by atoms with van der Waals surface area (Å²) in [5, 5.41) is 0. The van der Waals surface area contributed by atoms with Crippen LogP contribution in [0.1, 0.15) is 71.6 Å². The van der Waals surface area contributed by atoms with Crippen LogP contribution in [0, 0.1) is 11.3 Å². The molecule has 2 N–H and O–H groups in total. The number of hydrogen-bond acceptors (Lipinski definition) is 2. The van der Waals surface area contributed by atoms with Gasteiger partial charge in [-0.25, -0.2) is 0 Å². The molecule has 0 aromatic heterocycles. The molecule has 1 aliphatic carbocycles. The van der Waals surface area contributed by atoms with E-state index in [1.165, 1.54) is 70.9 Å². The zero-order valence-corrected chi connectivity index (χ0v) is 13.2. The largest absolute Gasteiger partial charge is 0.329 e. The van der Waals surface area contributed by atoms with Crippen LogP contribution >= 0.6 is 0 Å². The van der Waals surface area contributed by atoms with Crippen molar-refractivity contribution >= 4 is 0 Å². The van der Waals surface area contributed by atoms with Crippen molar-refractivity contribution in [3.63, 3.8) is 0 Å². The normalized spacial score (nSPS) is 27.3. The fraction of sp³-hybridized carbons (Fsp3) is 1.00. The molecule has 112 valence electrons. The SMILES string of the molecule is CCC1(CC)CCN(C(CN)C2CCCCCC2)C1. The van der Waals surface area contributed by atoms with Crippen LogP contribution in [0.5, 0.6) is 0 Å². The second-order valence-corrected chi connectivity index (χ2v) is 6.98. The topological polar surface area (TPSA) is 29.3 Å². The van der Waals surface area contributed by atoms with E-state index in [4.69, 9.17) is 5.73 Å². The minimum atomic E-state index is 0.595. The van der Waals surface area contributed by atoms with Crippen LogP contribution < -0.4 is 5.73 Å². The maximum Gasteiger partial charge on any atom is 0.0246 e. The van der Waals surface area contributed by atoms with Crippen LogP contribution in [-0.4, -0.2) is 30.6 Å². The van der Waals surface area contributed by atoms with Gasteiger partial charge in [-0.2, -0.15) is 0 Å². The maximum atomic E-state index is 6.16. The van der Waals surface area contributed by atoms with Gasteiger partial charge >= 0.3 is 0 Å². The monoisotopic (exact) mass is 266 g/mol. The van der Waals surface area contributed by atoms with E-state index in [0.717, 1.165) is 12.5 Å². The number of nitrogens with zero attached hydrogens (tertiary/aromatic N) is 1. The minimum Gasteiger partial charge on any atom is -0.329 e. The molecule has 2 fully saturated rings. The molecular formula is C17H34N2. The molecule has 0 aromatic carbocycles. The van der Waals surface area contributed by atoms with E-state index in [-0.39, 0.29) is 0 Å². The van der Waals surface area contributed by atoms with Crippen LogP contribution in [0.4, 0.5) is 0 Å². The van der Waals surface area contributed by atoms with Crippen molar-refractivity contribution < 1.29 is 0 Å². The molecule has 2 nitrogen and oxygen atoms in total. The highest BCUT2D eigenvalue weighted by Gasteiger charge is 2.39. The fourth-order valence-electron chi connectivity index (χ4n) is 4.42. The van der Waals surface area contributed by atoms with Crippen molar-refractivity contribution in [3.05, 3.63) is 0 Å². The molecule has 19 heavy (non-hydrogen) atoms. The lowest BCUT2D eigenvalue weighted by atomic mass is 9.81. The van der Waals surface area contributed by atoms with Crippen LogP contribution in [0.3, 0.4) is 0 Å². The first-order chi connectivity index (χ1) is 9.24. The number of hydrogen-bond donors (Lipinski definition) is 1. The Bertz CT molecular complexity index is 252. The van der Waals surface area contributed by atoms with Crippen molar-refractivity contribution in [2.75, 3.05) is 19.6 Å². The first-order valence-electron chi connectivity index (χ1n) is 8.69. The minimum absolute atomic E-state index is 0.595. The molecule has 0 amide bonds. The molecule has 0 radical (unpaired) electrons. The lowest BCUT2D eigenvalue weighted by molar-refractivity contribution is 0.141. The van der Waals surface area contributed by atoms with Crippen molar-refractivity contribution in [3.8, 4) is 0 Å². The maximum absolute atomic E-state index is 6.16. The summed E-state index contributed by atoms with van der Waals surface area (Å²) >= 11 is 0. The van der Waals surface area contributed by atoms with Crippen LogP contribution in [0.2, 0.25) is 0 Å². The molecule has 2 heteroatoms. The molecule has 1 atom stereocenters. The molecule has 0 aromatic rings. The molecular weight excluding hydrogens is 232 g/mol. The van der Waals surface area contributed by atoms with E-state index in [9.17, 15) is 0 Å². The lowest BCUT2D eigenvalue weighted by Gasteiger charge is -2.35. The third-order valence-electron chi connectivity index (χ3n) is 6.12. The van der Waals surface area contributed by atoms with Gasteiger partial charge in [-0.15, -0.1) is 0 Å². The quantitative estimate of drug-likeness (QED) is 0.767. The van der Waals surface area contributed by atoms with Crippen LogP contribution in [-0.2, 0) is 0 Å². The Hall–Kier alpha value is -0.0800. The third kappa shape index (κ3) is 3.52. The van der Waals surface area contributed by atoms with E-state index in [0.29, 0.717) is 11.5 Å². The number of likely N-dealkylation sites (tertiary alicyclic amines) is 1. The Balaban J connectivity index is 1.98. The zero-order valence-electron chi connectivity index (χ0n) is 13.2. The molecule has 2 aliphatic rings. The van der Waals surface area contributed by atoms with E-state index < -0.39 is 0 Å². The van der Waals surface area contributed by atoms with Gasteiger partial charge in [0.25, 0.3) is 0 Å². The van der Waals surface area contributed by atoms with Gasteiger partial charge in [0.1, 0.15) is 0 Å². The van der Waals surface area contributed by atoms with Gasteiger partial charge in [-0.1, -0.05) is 39.5 Å². The van der Waals surface area contributed by atoms with E-state index in [2.05, 4.69) is 18.7 Å². The highest BCUT2D eigenvalue weighted by Crippen LogP contribution is 2.39. The summed E-state index contributed by atoms with van der Waals surface area (Å²) in [5.74, 6) is 0.872. The molecule has 1 heterocycles. The Morgan fingerprint density at radius 3 is 2.21 bits per heavy atom. The molecule has 1 saturated heterocycles. The Kier molecular flexibility index (Phi) is 5.70. The summed E-state index contributed by atoms with van der Waals surface area (Å²) in [6.07, 6.45) is 12.7. The first kappa shape index (κ1) is 15.3. The summed E-state index contributed by atoms with van der Waals surface area (Å²) in [4.78, 5) is 2.75. The molecule has 1 saturated carbocycles. The Morgan fingerprint density at radius 2 is 1.74 bits per heavy atom. The van der Waals surface area contributed by atoms with E-state index in [1.54, 1.807) is 0 Å². The van der Waals surface area contributed by atoms with Gasteiger partial charge in [0.05, 0.1) is 0 Å². The number of rotatable bonds is 5. The third-order valence-corrected chi connectivity index (χ3v) is 6.12. The smallest absolute Gasteiger partial charge is 0.0246 e. The van der Waals surface area contributed by atoms with Crippen molar-refractivity contribution in [1.29, 1.82) is 0 Å². The van der Waals surface area contributed by atoms with E-state index >= 15 is 0 Å². The van der Waals surface area contributed by atoms with Crippen LogP contribution in [0.25, 0.3) is 0 Å². The summed E-state index contributed by atoms with van der Waals surface area (Å²) < 4.78 is 0. The first-order valence-corrected chi connectivity index (χ1v) is 8.69. The van der Waals surface area contributed by atoms with Crippen molar-refractivity contribution in [2.24, 2.45) is 17.1 Å². The van der Waals surface area contributed by atoms with Gasteiger partial charge in [0, 0.05) is 19.1 Å². The molecule has 1 aliphatic heterocycles. The Morgan fingerprint density at radius 1 is 1.11 bits per heavy atom. The van der Waals surface area contributed by atoms with Gasteiger partial charge < -0.3 is 5.73 Å².